The number of nitrogens with one attached hydrogen (secondary N) is 1. The summed E-state index contributed by atoms with van der Waals surface area (Å²) in [5, 5.41) is 12.4. The fourth-order valence-electron chi connectivity index (χ4n) is 1.66. The van der Waals surface area contributed by atoms with Crippen LogP contribution in [0.15, 0.2) is 24.3 Å². The molecule has 2 atom stereocenters. The topological polar surface area (TPSA) is 58.6 Å². The number of hydrogen-bond donors (Lipinski definition) is 2. The molecule has 0 aliphatic carbocycles. The van der Waals surface area contributed by atoms with Crippen LogP contribution in [0, 0.1) is 0 Å². The normalized spacial score (nSPS) is 13.9. The summed E-state index contributed by atoms with van der Waals surface area (Å²) in [5.41, 5.74) is 0.716. The molecule has 4 nitrogen and oxygen atoms in total. The van der Waals surface area contributed by atoms with E-state index in [1.165, 1.54) is 0 Å². The maximum atomic E-state index is 11.3. The number of rotatable bonds is 7. The van der Waals surface area contributed by atoms with Crippen LogP contribution in [-0.2, 0) is 4.79 Å². The molecule has 0 aliphatic rings. The van der Waals surface area contributed by atoms with Crippen LogP contribution in [0.25, 0.3) is 0 Å². The first kappa shape index (κ1) is 14.5. The molecule has 2 N–H and O–H groups in total. The highest BCUT2D eigenvalue weighted by Gasteiger charge is 2.21. The van der Waals surface area contributed by atoms with Crippen molar-refractivity contribution in [2.75, 3.05) is 6.61 Å². The summed E-state index contributed by atoms with van der Waals surface area (Å²) in [6.45, 7) is 6.47. The molecule has 0 amide bonds. The van der Waals surface area contributed by atoms with Gasteiger partial charge in [-0.05, 0) is 38.0 Å². The molecule has 18 heavy (non-hydrogen) atoms. The van der Waals surface area contributed by atoms with Crippen molar-refractivity contribution in [3.05, 3.63) is 29.8 Å². The Labute approximate surface area is 108 Å². The van der Waals surface area contributed by atoms with Crippen LogP contribution < -0.4 is 10.1 Å². The smallest absolute Gasteiger partial charge is 0.325 e. The molecule has 1 rings (SSSR count). The molecule has 0 heterocycles. The molecule has 0 radical (unpaired) electrons. The zero-order valence-corrected chi connectivity index (χ0v) is 11.1. The SMILES string of the molecule is CCOc1cccc(C(NC(C)CC)C(=O)O)c1. The van der Waals surface area contributed by atoms with Gasteiger partial charge in [-0.15, -0.1) is 0 Å². The van der Waals surface area contributed by atoms with Gasteiger partial charge in [0.25, 0.3) is 0 Å². The lowest BCUT2D eigenvalue weighted by molar-refractivity contribution is -0.139. The molecular formula is C14H21NO3. The quantitative estimate of drug-likeness (QED) is 0.782. The van der Waals surface area contributed by atoms with Crippen LogP contribution in [0.1, 0.15) is 38.8 Å². The fourth-order valence-corrected chi connectivity index (χ4v) is 1.66. The Kier molecular flexibility index (Phi) is 5.65. The third-order valence-corrected chi connectivity index (χ3v) is 2.81. The predicted octanol–water partition coefficient (Wildman–Crippen LogP) is 2.60. The van der Waals surface area contributed by atoms with Crippen LogP contribution >= 0.6 is 0 Å². The van der Waals surface area contributed by atoms with Crippen LogP contribution in [0.3, 0.4) is 0 Å². The van der Waals surface area contributed by atoms with Crippen molar-refractivity contribution in [1.29, 1.82) is 0 Å². The molecule has 0 spiro atoms. The first-order chi connectivity index (χ1) is 8.58. The Morgan fingerprint density at radius 1 is 1.44 bits per heavy atom. The van der Waals surface area contributed by atoms with Crippen molar-refractivity contribution < 1.29 is 14.6 Å². The lowest BCUT2D eigenvalue weighted by Gasteiger charge is -2.20. The van der Waals surface area contributed by atoms with Gasteiger partial charge in [0.15, 0.2) is 0 Å². The maximum absolute atomic E-state index is 11.3. The van der Waals surface area contributed by atoms with E-state index in [0.717, 1.165) is 6.42 Å². The van der Waals surface area contributed by atoms with Gasteiger partial charge < -0.3 is 9.84 Å². The van der Waals surface area contributed by atoms with E-state index in [0.29, 0.717) is 17.9 Å². The van der Waals surface area contributed by atoms with Gasteiger partial charge in [-0.2, -0.15) is 0 Å². The minimum absolute atomic E-state index is 0.154. The second kappa shape index (κ2) is 7.01. The van der Waals surface area contributed by atoms with E-state index in [1.54, 1.807) is 12.1 Å². The van der Waals surface area contributed by atoms with E-state index >= 15 is 0 Å². The molecule has 0 saturated heterocycles. The first-order valence-corrected chi connectivity index (χ1v) is 6.30. The third kappa shape index (κ3) is 4.04. The summed E-state index contributed by atoms with van der Waals surface area (Å²) in [5.74, 6) is -0.170. The number of carboxylic acid groups (broad SMARTS) is 1. The molecule has 0 aliphatic heterocycles. The molecule has 0 aromatic heterocycles. The van der Waals surface area contributed by atoms with Gasteiger partial charge in [0.2, 0.25) is 0 Å². The van der Waals surface area contributed by atoms with Crippen molar-refractivity contribution >= 4 is 5.97 Å². The standard InChI is InChI=1S/C14H21NO3/c1-4-10(3)15-13(14(16)17)11-7-6-8-12(9-11)18-5-2/h6-10,13,15H,4-5H2,1-3H3,(H,16,17). The van der Waals surface area contributed by atoms with Gasteiger partial charge in [0.05, 0.1) is 6.61 Å². The summed E-state index contributed by atoms with van der Waals surface area (Å²) >= 11 is 0. The zero-order chi connectivity index (χ0) is 13.5. The lowest BCUT2D eigenvalue weighted by Crippen LogP contribution is -2.34. The summed E-state index contributed by atoms with van der Waals surface area (Å²) < 4.78 is 5.39. The Morgan fingerprint density at radius 3 is 2.72 bits per heavy atom. The Balaban J connectivity index is 2.91. The molecular weight excluding hydrogens is 230 g/mol. The van der Waals surface area contributed by atoms with Crippen molar-refractivity contribution in [3.63, 3.8) is 0 Å². The van der Waals surface area contributed by atoms with Crippen LogP contribution in [0.5, 0.6) is 5.75 Å². The number of benzene rings is 1. The highest BCUT2D eigenvalue weighted by atomic mass is 16.5. The number of carbonyl (C=O) groups is 1. The van der Waals surface area contributed by atoms with Gasteiger partial charge in [0, 0.05) is 6.04 Å². The van der Waals surface area contributed by atoms with E-state index in [2.05, 4.69) is 5.32 Å². The van der Waals surface area contributed by atoms with E-state index < -0.39 is 12.0 Å². The minimum atomic E-state index is -0.871. The average Bonchev–Trinajstić information content (AvgIpc) is 2.36. The predicted molar refractivity (Wildman–Crippen MR) is 70.9 cm³/mol. The molecule has 0 bridgehead atoms. The van der Waals surface area contributed by atoms with Crippen molar-refractivity contribution in [2.45, 2.75) is 39.3 Å². The number of hydrogen-bond acceptors (Lipinski definition) is 3. The van der Waals surface area contributed by atoms with Crippen LogP contribution in [0.4, 0.5) is 0 Å². The van der Waals surface area contributed by atoms with E-state index in [-0.39, 0.29) is 6.04 Å². The summed E-state index contributed by atoms with van der Waals surface area (Å²) in [6, 6.07) is 6.68. The number of carboxylic acids is 1. The van der Waals surface area contributed by atoms with Crippen LogP contribution in [0.2, 0.25) is 0 Å². The number of ether oxygens (including phenoxy) is 1. The van der Waals surface area contributed by atoms with Crippen molar-refractivity contribution in [3.8, 4) is 5.75 Å². The molecule has 100 valence electrons. The van der Waals surface area contributed by atoms with E-state index in [1.807, 2.05) is 32.9 Å². The number of aliphatic carboxylic acids is 1. The highest BCUT2D eigenvalue weighted by Crippen LogP contribution is 2.20. The average molecular weight is 251 g/mol. The first-order valence-electron chi connectivity index (χ1n) is 6.30. The lowest BCUT2D eigenvalue weighted by atomic mass is 10.1. The maximum Gasteiger partial charge on any atom is 0.325 e. The summed E-state index contributed by atoms with van der Waals surface area (Å²) in [6.07, 6.45) is 0.884. The molecule has 1 aromatic carbocycles. The van der Waals surface area contributed by atoms with Crippen molar-refractivity contribution in [1.82, 2.24) is 5.32 Å². The fraction of sp³-hybridized carbons (Fsp3) is 0.500. The van der Waals surface area contributed by atoms with Crippen LogP contribution in [-0.4, -0.2) is 23.7 Å². The second-order valence-corrected chi connectivity index (χ2v) is 4.25. The monoisotopic (exact) mass is 251 g/mol. The highest BCUT2D eigenvalue weighted by molar-refractivity contribution is 5.75. The Morgan fingerprint density at radius 2 is 2.17 bits per heavy atom. The summed E-state index contributed by atoms with van der Waals surface area (Å²) in [4.78, 5) is 11.3. The van der Waals surface area contributed by atoms with Gasteiger partial charge in [-0.1, -0.05) is 19.1 Å². The van der Waals surface area contributed by atoms with Gasteiger partial charge in [-0.25, -0.2) is 0 Å². The second-order valence-electron chi connectivity index (χ2n) is 4.25. The van der Waals surface area contributed by atoms with E-state index in [9.17, 15) is 9.90 Å². The van der Waals surface area contributed by atoms with E-state index in [4.69, 9.17) is 4.74 Å². The Bertz CT molecular complexity index is 392. The minimum Gasteiger partial charge on any atom is -0.494 e. The molecule has 1 aromatic rings. The molecule has 0 fully saturated rings. The third-order valence-electron chi connectivity index (χ3n) is 2.81. The zero-order valence-electron chi connectivity index (χ0n) is 11.1. The summed E-state index contributed by atoms with van der Waals surface area (Å²) in [7, 11) is 0. The van der Waals surface area contributed by atoms with Crippen molar-refractivity contribution in [2.24, 2.45) is 0 Å². The van der Waals surface area contributed by atoms with Gasteiger partial charge >= 0.3 is 5.97 Å². The molecule has 0 saturated carbocycles. The Hall–Kier alpha value is -1.55. The largest absolute Gasteiger partial charge is 0.494 e. The molecule has 4 heteroatoms. The van der Waals surface area contributed by atoms with Gasteiger partial charge in [0.1, 0.15) is 11.8 Å². The molecule has 2 unspecified atom stereocenters. The van der Waals surface area contributed by atoms with Gasteiger partial charge in [-0.3, -0.25) is 10.1 Å².